The average Bonchev–Trinajstić information content (AvgIpc) is 3.20. The van der Waals surface area contributed by atoms with Crippen molar-refractivity contribution in [3.8, 4) is 11.5 Å². The third-order valence-corrected chi connectivity index (χ3v) is 5.88. The number of piperazine rings is 1. The topological polar surface area (TPSA) is 62.3 Å². The number of ether oxygens (including phenoxy) is 2. The highest BCUT2D eigenvalue weighted by Gasteiger charge is 2.38. The lowest BCUT2D eigenvalue weighted by atomic mass is 10.1. The highest BCUT2D eigenvalue weighted by atomic mass is 16.5. The van der Waals surface area contributed by atoms with Crippen LogP contribution in [0.2, 0.25) is 0 Å². The minimum atomic E-state index is -0.294. The van der Waals surface area contributed by atoms with E-state index in [0.29, 0.717) is 19.6 Å². The van der Waals surface area contributed by atoms with Crippen LogP contribution in [0.4, 0.5) is 11.4 Å². The number of hydrogen-bond donors (Lipinski definition) is 0. The standard InChI is InChI=1S/C23H27N3O4/c1-29-19-9-7-18(8-10-19)26-16-17(15-22(26)27)23(28)25-13-11-24(12-14-25)20-5-3-4-6-21(20)30-2/h3-10,17H,11-16H2,1-2H3/t17-/m0/s1. The second-order valence-corrected chi connectivity index (χ2v) is 7.59. The predicted octanol–water partition coefficient (Wildman–Crippen LogP) is 2.41. The molecular formula is C23H27N3O4. The average molecular weight is 409 g/mol. The van der Waals surface area contributed by atoms with Gasteiger partial charge in [-0.05, 0) is 36.4 Å². The fourth-order valence-corrected chi connectivity index (χ4v) is 4.20. The van der Waals surface area contributed by atoms with E-state index in [2.05, 4.69) is 4.90 Å². The maximum Gasteiger partial charge on any atom is 0.228 e. The molecule has 0 aliphatic carbocycles. The first-order valence-electron chi connectivity index (χ1n) is 10.2. The zero-order valence-corrected chi connectivity index (χ0v) is 17.4. The summed E-state index contributed by atoms with van der Waals surface area (Å²) in [7, 11) is 3.28. The molecule has 2 heterocycles. The summed E-state index contributed by atoms with van der Waals surface area (Å²) in [6, 6.07) is 15.3. The Morgan fingerprint density at radius 3 is 2.30 bits per heavy atom. The highest BCUT2D eigenvalue weighted by molar-refractivity contribution is 6.00. The number of amides is 2. The molecule has 0 saturated carbocycles. The Morgan fingerprint density at radius 1 is 0.933 bits per heavy atom. The molecule has 0 spiro atoms. The highest BCUT2D eigenvalue weighted by Crippen LogP contribution is 2.30. The lowest BCUT2D eigenvalue weighted by Crippen LogP contribution is -2.50. The summed E-state index contributed by atoms with van der Waals surface area (Å²) >= 11 is 0. The number of nitrogens with zero attached hydrogens (tertiary/aromatic N) is 3. The molecule has 2 saturated heterocycles. The maximum atomic E-state index is 13.1. The first kappa shape index (κ1) is 20.1. The molecule has 0 aromatic heterocycles. The van der Waals surface area contributed by atoms with Crippen LogP contribution in [-0.4, -0.2) is 63.7 Å². The first-order valence-corrected chi connectivity index (χ1v) is 10.2. The van der Waals surface area contributed by atoms with Crippen molar-refractivity contribution in [2.75, 3.05) is 56.7 Å². The van der Waals surface area contributed by atoms with E-state index in [-0.39, 0.29) is 24.2 Å². The van der Waals surface area contributed by atoms with E-state index in [0.717, 1.165) is 36.0 Å². The van der Waals surface area contributed by atoms with Gasteiger partial charge in [0, 0.05) is 44.8 Å². The van der Waals surface area contributed by atoms with Gasteiger partial charge >= 0.3 is 0 Å². The van der Waals surface area contributed by atoms with Gasteiger partial charge in [-0.25, -0.2) is 0 Å². The van der Waals surface area contributed by atoms with Gasteiger partial charge in [-0.1, -0.05) is 12.1 Å². The summed E-state index contributed by atoms with van der Waals surface area (Å²) in [4.78, 5) is 31.4. The van der Waals surface area contributed by atoms with Gasteiger partial charge in [0.1, 0.15) is 11.5 Å². The third kappa shape index (κ3) is 3.92. The number of rotatable bonds is 5. The van der Waals surface area contributed by atoms with E-state index < -0.39 is 0 Å². The summed E-state index contributed by atoms with van der Waals surface area (Å²) in [5.41, 5.74) is 1.85. The normalized spacial score (nSPS) is 19.2. The van der Waals surface area contributed by atoms with Crippen LogP contribution in [0.1, 0.15) is 6.42 Å². The molecule has 30 heavy (non-hydrogen) atoms. The van der Waals surface area contributed by atoms with Gasteiger partial charge in [0.15, 0.2) is 0 Å². The molecule has 1 atom stereocenters. The Bertz CT molecular complexity index is 907. The van der Waals surface area contributed by atoms with Crippen molar-refractivity contribution < 1.29 is 19.1 Å². The van der Waals surface area contributed by atoms with E-state index >= 15 is 0 Å². The molecule has 2 fully saturated rings. The van der Waals surface area contributed by atoms with Crippen LogP contribution in [0.25, 0.3) is 0 Å². The second kappa shape index (κ2) is 8.65. The van der Waals surface area contributed by atoms with Gasteiger partial charge in [0.05, 0.1) is 25.8 Å². The molecule has 0 radical (unpaired) electrons. The molecule has 0 bridgehead atoms. The number of anilines is 2. The van der Waals surface area contributed by atoms with E-state index in [9.17, 15) is 9.59 Å². The van der Waals surface area contributed by atoms with Gasteiger partial charge in [-0.15, -0.1) is 0 Å². The van der Waals surface area contributed by atoms with E-state index in [1.807, 2.05) is 53.4 Å². The van der Waals surface area contributed by atoms with Gasteiger partial charge in [-0.3, -0.25) is 9.59 Å². The Labute approximate surface area is 176 Å². The number of para-hydroxylation sites is 2. The summed E-state index contributed by atoms with van der Waals surface area (Å²) in [5, 5.41) is 0. The Morgan fingerprint density at radius 2 is 1.63 bits per heavy atom. The molecular weight excluding hydrogens is 382 g/mol. The van der Waals surface area contributed by atoms with Crippen LogP contribution < -0.4 is 19.3 Å². The molecule has 0 N–H and O–H groups in total. The van der Waals surface area contributed by atoms with Gasteiger partial charge in [-0.2, -0.15) is 0 Å². The molecule has 2 amide bonds. The minimum absolute atomic E-state index is 0.00817. The van der Waals surface area contributed by atoms with Crippen molar-refractivity contribution >= 4 is 23.2 Å². The predicted molar refractivity (Wildman–Crippen MR) is 115 cm³/mol. The number of carbonyl (C=O) groups is 2. The van der Waals surface area contributed by atoms with E-state index in [1.165, 1.54) is 0 Å². The van der Waals surface area contributed by atoms with Crippen LogP contribution in [0, 0.1) is 5.92 Å². The van der Waals surface area contributed by atoms with Crippen LogP contribution in [0.5, 0.6) is 11.5 Å². The number of methoxy groups -OCH3 is 2. The Hall–Kier alpha value is -3.22. The Kier molecular flexibility index (Phi) is 5.79. The molecule has 4 rings (SSSR count). The Balaban J connectivity index is 1.37. The van der Waals surface area contributed by atoms with Crippen molar-refractivity contribution in [1.82, 2.24) is 4.90 Å². The summed E-state index contributed by atoms with van der Waals surface area (Å²) in [5.74, 6) is 1.35. The molecule has 2 aliphatic heterocycles. The van der Waals surface area contributed by atoms with Crippen molar-refractivity contribution in [3.05, 3.63) is 48.5 Å². The fraction of sp³-hybridized carbons (Fsp3) is 0.391. The fourth-order valence-electron chi connectivity index (χ4n) is 4.20. The number of carbonyl (C=O) groups excluding carboxylic acids is 2. The zero-order chi connectivity index (χ0) is 21.1. The molecule has 7 nitrogen and oxygen atoms in total. The zero-order valence-electron chi connectivity index (χ0n) is 17.4. The monoisotopic (exact) mass is 409 g/mol. The minimum Gasteiger partial charge on any atom is -0.497 e. The maximum absolute atomic E-state index is 13.1. The molecule has 2 aromatic carbocycles. The van der Waals surface area contributed by atoms with Crippen LogP contribution in [-0.2, 0) is 9.59 Å². The number of benzene rings is 2. The van der Waals surface area contributed by atoms with E-state index in [1.54, 1.807) is 19.1 Å². The van der Waals surface area contributed by atoms with Crippen molar-refractivity contribution in [1.29, 1.82) is 0 Å². The smallest absolute Gasteiger partial charge is 0.228 e. The molecule has 7 heteroatoms. The molecule has 158 valence electrons. The van der Waals surface area contributed by atoms with Gasteiger partial charge in [0.2, 0.25) is 11.8 Å². The first-order chi connectivity index (χ1) is 14.6. The summed E-state index contributed by atoms with van der Waals surface area (Å²) < 4.78 is 10.6. The lowest BCUT2D eigenvalue weighted by Gasteiger charge is -2.37. The number of hydrogen-bond acceptors (Lipinski definition) is 5. The summed E-state index contributed by atoms with van der Waals surface area (Å²) in [6.45, 7) is 3.20. The van der Waals surface area contributed by atoms with Crippen LogP contribution in [0.15, 0.2) is 48.5 Å². The SMILES string of the molecule is COc1ccc(N2C[C@@H](C(=O)N3CCN(c4ccccc4OC)CC3)CC2=O)cc1. The van der Waals surface area contributed by atoms with Crippen molar-refractivity contribution in [2.24, 2.45) is 5.92 Å². The van der Waals surface area contributed by atoms with E-state index in [4.69, 9.17) is 9.47 Å². The van der Waals surface area contributed by atoms with Gasteiger partial charge < -0.3 is 24.2 Å². The van der Waals surface area contributed by atoms with Gasteiger partial charge in [0.25, 0.3) is 0 Å². The molecule has 2 aromatic rings. The third-order valence-electron chi connectivity index (χ3n) is 5.88. The van der Waals surface area contributed by atoms with Crippen LogP contribution in [0.3, 0.4) is 0 Å². The van der Waals surface area contributed by atoms with Crippen molar-refractivity contribution in [3.63, 3.8) is 0 Å². The summed E-state index contributed by atoms with van der Waals surface area (Å²) in [6.07, 6.45) is 0.261. The second-order valence-electron chi connectivity index (χ2n) is 7.59. The van der Waals surface area contributed by atoms with Crippen molar-refractivity contribution in [2.45, 2.75) is 6.42 Å². The molecule has 0 unspecified atom stereocenters. The van der Waals surface area contributed by atoms with Crippen LogP contribution >= 0.6 is 0 Å². The quantitative estimate of drug-likeness (QED) is 0.759. The lowest BCUT2D eigenvalue weighted by molar-refractivity contribution is -0.136. The largest absolute Gasteiger partial charge is 0.497 e. The molecule has 2 aliphatic rings.